The molecule has 188 valence electrons. The first-order valence-corrected chi connectivity index (χ1v) is 11.7. The van der Waals surface area contributed by atoms with E-state index in [1.54, 1.807) is 37.3 Å². The fourth-order valence-corrected chi connectivity index (χ4v) is 4.28. The molecule has 0 bridgehead atoms. The summed E-state index contributed by atoms with van der Waals surface area (Å²) in [6.07, 6.45) is -2.37. The molecule has 0 fully saturated rings. The predicted molar refractivity (Wildman–Crippen MR) is 128 cm³/mol. The number of alkyl halides is 3. The maximum atomic E-state index is 14.3. The van der Waals surface area contributed by atoms with Crippen LogP contribution >= 0.6 is 11.6 Å². The highest BCUT2D eigenvalue weighted by molar-refractivity contribution is 6.30. The summed E-state index contributed by atoms with van der Waals surface area (Å²) in [5, 5.41) is 0.463. The Morgan fingerprint density at radius 2 is 1.83 bits per heavy atom. The molecule has 1 aliphatic rings. The number of pyridine rings is 1. The van der Waals surface area contributed by atoms with Crippen molar-refractivity contribution in [3.63, 3.8) is 0 Å². The van der Waals surface area contributed by atoms with Crippen molar-refractivity contribution in [3.8, 4) is 5.75 Å². The highest BCUT2D eigenvalue weighted by atomic mass is 35.5. The first-order valence-electron chi connectivity index (χ1n) is 11.3. The third-order valence-corrected chi connectivity index (χ3v) is 6.03. The summed E-state index contributed by atoms with van der Waals surface area (Å²) < 4.78 is 63.8. The molecular weight excluding hydrogens is 498 g/mol. The van der Waals surface area contributed by atoms with Crippen LogP contribution in [0, 0.1) is 5.82 Å². The number of nitrogens with zero attached hydrogens (tertiary/aromatic N) is 1. The third kappa shape index (κ3) is 5.70. The number of hydrogen-bond acceptors (Lipinski definition) is 4. The van der Waals surface area contributed by atoms with E-state index in [1.165, 1.54) is 0 Å². The summed E-state index contributed by atoms with van der Waals surface area (Å²) in [5.41, 5.74) is 2.30. The van der Waals surface area contributed by atoms with E-state index in [1.807, 2.05) is 6.07 Å². The van der Waals surface area contributed by atoms with Crippen molar-refractivity contribution in [1.29, 1.82) is 0 Å². The molecule has 9 heteroatoms. The smallest absolute Gasteiger partial charge is 0.416 e. The highest BCUT2D eigenvalue weighted by Gasteiger charge is 2.31. The minimum Gasteiger partial charge on any atom is -0.488 e. The second-order valence-corrected chi connectivity index (χ2v) is 8.61. The number of allylic oxidation sites excluding steroid dienone is 2. The van der Waals surface area contributed by atoms with Crippen molar-refractivity contribution in [2.45, 2.75) is 39.0 Å². The van der Waals surface area contributed by atoms with E-state index in [0.717, 1.165) is 29.7 Å². The molecule has 1 aromatic heterocycles. The average molecular weight is 520 g/mol. The van der Waals surface area contributed by atoms with E-state index >= 15 is 0 Å². The molecule has 4 rings (SSSR count). The van der Waals surface area contributed by atoms with Gasteiger partial charge in [0.2, 0.25) is 0 Å². The van der Waals surface area contributed by atoms with Crippen LogP contribution in [0.15, 0.2) is 54.6 Å². The minimum absolute atomic E-state index is 0.00618. The van der Waals surface area contributed by atoms with Gasteiger partial charge in [0.05, 0.1) is 17.9 Å². The summed E-state index contributed by atoms with van der Waals surface area (Å²) in [5.74, 6) is -1.10. The van der Waals surface area contributed by atoms with Gasteiger partial charge >= 0.3 is 12.1 Å². The van der Waals surface area contributed by atoms with Gasteiger partial charge in [0.25, 0.3) is 0 Å². The van der Waals surface area contributed by atoms with Crippen LogP contribution in [-0.4, -0.2) is 17.6 Å². The van der Waals surface area contributed by atoms with Gasteiger partial charge in [0, 0.05) is 16.1 Å². The summed E-state index contributed by atoms with van der Waals surface area (Å²) in [6, 6.07) is 12.5. The van der Waals surface area contributed by atoms with E-state index in [4.69, 9.17) is 21.1 Å². The van der Waals surface area contributed by atoms with E-state index in [0.29, 0.717) is 40.9 Å². The van der Waals surface area contributed by atoms with Gasteiger partial charge in [-0.25, -0.2) is 14.2 Å². The molecule has 36 heavy (non-hydrogen) atoms. The molecular formula is C27H22ClF4NO3. The molecule has 0 spiro atoms. The number of benzene rings is 2. The maximum absolute atomic E-state index is 14.3. The van der Waals surface area contributed by atoms with Gasteiger partial charge in [0.15, 0.2) is 0 Å². The lowest BCUT2D eigenvalue weighted by molar-refractivity contribution is -0.137. The Bertz CT molecular complexity index is 1320. The van der Waals surface area contributed by atoms with Gasteiger partial charge < -0.3 is 9.47 Å². The molecule has 0 unspecified atom stereocenters. The number of carbonyl (C=O) groups excluding carboxylic acids is 1. The Morgan fingerprint density at radius 3 is 2.56 bits per heavy atom. The molecule has 1 aliphatic carbocycles. The molecule has 0 saturated heterocycles. The van der Waals surface area contributed by atoms with E-state index in [2.05, 4.69) is 4.98 Å². The molecule has 0 N–H and O–H groups in total. The molecule has 0 radical (unpaired) electrons. The minimum atomic E-state index is -4.63. The monoisotopic (exact) mass is 519 g/mol. The van der Waals surface area contributed by atoms with Crippen LogP contribution in [0.4, 0.5) is 17.6 Å². The molecule has 0 atom stereocenters. The number of carbonyl (C=O) groups is 1. The normalized spacial score (nSPS) is 13.7. The number of rotatable bonds is 7. The summed E-state index contributed by atoms with van der Waals surface area (Å²) >= 11 is 6.27. The lowest BCUT2D eigenvalue weighted by atomic mass is 9.98. The number of esters is 1. The summed E-state index contributed by atoms with van der Waals surface area (Å²) in [4.78, 5) is 16.6. The molecule has 0 saturated carbocycles. The number of hydrogen-bond donors (Lipinski definition) is 0. The van der Waals surface area contributed by atoms with Gasteiger partial charge in [0.1, 0.15) is 23.9 Å². The van der Waals surface area contributed by atoms with Crippen LogP contribution in [-0.2, 0) is 17.5 Å². The van der Waals surface area contributed by atoms with Crippen molar-refractivity contribution in [3.05, 3.63) is 93.5 Å². The van der Waals surface area contributed by atoms with E-state index in [-0.39, 0.29) is 24.5 Å². The van der Waals surface area contributed by atoms with Crippen LogP contribution in [0.25, 0.3) is 11.1 Å². The van der Waals surface area contributed by atoms with Gasteiger partial charge in [-0.3, -0.25) is 0 Å². The van der Waals surface area contributed by atoms with E-state index < -0.39 is 23.5 Å². The van der Waals surface area contributed by atoms with Gasteiger partial charge in [-0.15, -0.1) is 0 Å². The van der Waals surface area contributed by atoms with E-state index in [9.17, 15) is 22.4 Å². The standard InChI is InChI=1S/C27H22ClF4NO3/c1-2-35-26(34)24-8-4-7-23(33-24)20-6-3-5-19(20)21-14-18(28)11-12-25(21)36-15-16-9-10-17(13-22(16)29)27(30,31)32/h4,7-14H,2-3,5-6,15H2,1H3. The SMILES string of the molecule is CCOC(=O)c1cccc(C2=C(c3cc(Cl)ccc3OCc3ccc(C(F)(F)F)cc3F)CCC2)n1. The van der Waals surface area contributed by atoms with Crippen molar-refractivity contribution in [2.24, 2.45) is 0 Å². The quantitative estimate of drug-likeness (QED) is 0.236. The van der Waals surface area contributed by atoms with Crippen LogP contribution in [0.2, 0.25) is 5.02 Å². The van der Waals surface area contributed by atoms with Gasteiger partial charge in [-0.1, -0.05) is 23.7 Å². The predicted octanol–water partition coefficient (Wildman–Crippen LogP) is 7.74. The van der Waals surface area contributed by atoms with Crippen LogP contribution < -0.4 is 4.74 Å². The lowest BCUT2D eigenvalue weighted by Gasteiger charge is -2.16. The van der Waals surface area contributed by atoms with Gasteiger partial charge in [-0.05, 0) is 79.8 Å². The van der Waals surface area contributed by atoms with Crippen molar-refractivity contribution < 1.29 is 31.8 Å². The average Bonchev–Trinajstić information content (AvgIpc) is 3.33. The maximum Gasteiger partial charge on any atom is 0.416 e. The largest absolute Gasteiger partial charge is 0.488 e. The van der Waals surface area contributed by atoms with Crippen LogP contribution in [0.1, 0.15) is 59.1 Å². The Kier molecular flexibility index (Phi) is 7.64. The van der Waals surface area contributed by atoms with Crippen LogP contribution in [0.5, 0.6) is 5.75 Å². The summed E-state index contributed by atoms with van der Waals surface area (Å²) in [7, 11) is 0. The van der Waals surface area contributed by atoms with Crippen molar-refractivity contribution in [1.82, 2.24) is 4.98 Å². The lowest BCUT2D eigenvalue weighted by Crippen LogP contribution is -2.08. The highest BCUT2D eigenvalue weighted by Crippen LogP contribution is 2.43. The second-order valence-electron chi connectivity index (χ2n) is 8.17. The molecule has 4 nitrogen and oxygen atoms in total. The molecule has 0 amide bonds. The molecule has 0 aliphatic heterocycles. The fourth-order valence-electron chi connectivity index (χ4n) is 4.11. The van der Waals surface area contributed by atoms with Crippen molar-refractivity contribution >= 4 is 28.7 Å². The molecule has 1 heterocycles. The fraction of sp³-hybridized carbons (Fsp3) is 0.259. The number of ether oxygens (including phenoxy) is 2. The second kappa shape index (κ2) is 10.7. The first-order chi connectivity index (χ1) is 17.2. The molecule has 2 aromatic carbocycles. The third-order valence-electron chi connectivity index (χ3n) is 5.79. The van der Waals surface area contributed by atoms with Gasteiger partial charge in [-0.2, -0.15) is 13.2 Å². The Balaban J connectivity index is 1.66. The zero-order valence-corrected chi connectivity index (χ0v) is 20.0. The topological polar surface area (TPSA) is 48.4 Å². The summed E-state index contributed by atoms with van der Waals surface area (Å²) in [6.45, 7) is 1.69. The Labute approximate surface area is 210 Å². The Morgan fingerprint density at radius 1 is 1.06 bits per heavy atom. The first kappa shape index (κ1) is 25.7. The number of halogens is 5. The van der Waals surface area contributed by atoms with Crippen LogP contribution in [0.3, 0.4) is 0 Å². The zero-order chi connectivity index (χ0) is 25.9. The Hall–Kier alpha value is -3.39. The molecule has 3 aromatic rings. The zero-order valence-electron chi connectivity index (χ0n) is 19.3. The van der Waals surface area contributed by atoms with Crippen molar-refractivity contribution in [2.75, 3.05) is 6.61 Å². The number of aromatic nitrogens is 1.